The van der Waals surface area contributed by atoms with Gasteiger partial charge >= 0.3 is 0 Å². The lowest BCUT2D eigenvalue weighted by Crippen LogP contribution is -2.45. The molecule has 0 heterocycles. The van der Waals surface area contributed by atoms with Crippen LogP contribution in [0, 0.1) is 23.7 Å². The second kappa shape index (κ2) is 3.87. The molecule has 3 aliphatic rings. The molecule has 0 amide bonds. The van der Waals surface area contributed by atoms with E-state index in [1.165, 1.54) is 0 Å². The van der Waals surface area contributed by atoms with Crippen molar-refractivity contribution in [1.29, 1.82) is 0 Å². The third-order valence-corrected chi connectivity index (χ3v) is 6.37. The minimum Gasteiger partial charge on any atom is -0.291 e. The first-order valence-electron chi connectivity index (χ1n) is 6.45. The maximum Gasteiger partial charge on any atom is 0.268 e. The van der Waals surface area contributed by atoms with Crippen LogP contribution in [0.1, 0.15) is 32.1 Å². The van der Waals surface area contributed by atoms with E-state index in [-0.39, 0.29) is 35.2 Å². The molecule has 5 atom stereocenters. The standard InChI is InChI=1S/C12H16O5S/c13-11-7-3-1-2-6-9(18(15,16)17)5-4-8(10(6)7)12(11)14/h6-10H,1-5H2,(H,15,16,17). The van der Waals surface area contributed by atoms with Crippen LogP contribution in [0.15, 0.2) is 0 Å². The molecule has 0 radical (unpaired) electrons. The van der Waals surface area contributed by atoms with Crippen molar-refractivity contribution < 1.29 is 22.6 Å². The highest BCUT2D eigenvalue weighted by molar-refractivity contribution is 7.86. The van der Waals surface area contributed by atoms with Gasteiger partial charge in [-0.05, 0) is 37.5 Å². The van der Waals surface area contributed by atoms with Gasteiger partial charge in [-0.25, -0.2) is 0 Å². The second-order valence-electron chi connectivity index (χ2n) is 5.74. The zero-order chi connectivity index (χ0) is 13.1. The second-order valence-corrected chi connectivity index (χ2v) is 7.38. The normalized spacial score (nSPS) is 43.9. The lowest BCUT2D eigenvalue weighted by molar-refractivity contribution is -0.137. The Morgan fingerprint density at radius 3 is 2.17 bits per heavy atom. The molecule has 0 bridgehead atoms. The molecule has 6 heteroatoms. The van der Waals surface area contributed by atoms with Crippen LogP contribution in [0.5, 0.6) is 0 Å². The van der Waals surface area contributed by atoms with Gasteiger partial charge in [0.15, 0.2) is 0 Å². The molecule has 18 heavy (non-hydrogen) atoms. The van der Waals surface area contributed by atoms with Gasteiger partial charge in [-0.2, -0.15) is 8.42 Å². The third-order valence-electron chi connectivity index (χ3n) is 5.01. The van der Waals surface area contributed by atoms with E-state index in [4.69, 9.17) is 0 Å². The molecule has 0 aromatic rings. The fourth-order valence-corrected chi connectivity index (χ4v) is 5.56. The SMILES string of the molecule is O=C1C(=O)C2CCC(S(=O)(=O)O)C3CCCC1C23. The number of carbonyl (C=O) groups is 2. The summed E-state index contributed by atoms with van der Waals surface area (Å²) in [5.41, 5.74) is 0. The van der Waals surface area contributed by atoms with E-state index < -0.39 is 15.4 Å². The van der Waals surface area contributed by atoms with Crippen molar-refractivity contribution in [3.8, 4) is 0 Å². The molecule has 0 aromatic heterocycles. The van der Waals surface area contributed by atoms with Crippen LogP contribution < -0.4 is 0 Å². The maximum absolute atomic E-state index is 11.9. The average Bonchev–Trinajstić information content (AvgIpc) is 2.56. The highest BCUT2D eigenvalue weighted by atomic mass is 32.2. The van der Waals surface area contributed by atoms with Crippen molar-refractivity contribution in [2.24, 2.45) is 23.7 Å². The average molecular weight is 272 g/mol. The summed E-state index contributed by atoms with van der Waals surface area (Å²) in [6, 6.07) is 0. The zero-order valence-corrected chi connectivity index (χ0v) is 10.7. The summed E-state index contributed by atoms with van der Waals surface area (Å²) in [5, 5.41) is -0.778. The highest BCUT2D eigenvalue weighted by Crippen LogP contribution is 2.53. The zero-order valence-electron chi connectivity index (χ0n) is 9.91. The van der Waals surface area contributed by atoms with E-state index in [0.29, 0.717) is 25.7 Å². The number of rotatable bonds is 1. The minimum atomic E-state index is -4.07. The molecule has 3 fully saturated rings. The molecule has 3 rings (SSSR count). The third kappa shape index (κ3) is 1.58. The van der Waals surface area contributed by atoms with Gasteiger partial charge in [-0.3, -0.25) is 14.1 Å². The van der Waals surface area contributed by atoms with Crippen LogP contribution >= 0.6 is 0 Å². The molecule has 3 saturated carbocycles. The van der Waals surface area contributed by atoms with E-state index >= 15 is 0 Å². The van der Waals surface area contributed by atoms with E-state index in [1.54, 1.807) is 0 Å². The molecule has 0 aromatic carbocycles. The van der Waals surface area contributed by atoms with Gasteiger partial charge < -0.3 is 0 Å². The van der Waals surface area contributed by atoms with Crippen LogP contribution in [-0.2, 0) is 19.7 Å². The molecule has 3 aliphatic carbocycles. The Bertz CT molecular complexity index is 493. The molecule has 5 unspecified atom stereocenters. The Hall–Kier alpha value is -0.750. The number of carbonyl (C=O) groups excluding carboxylic acids is 2. The van der Waals surface area contributed by atoms with E-state index in [9.17, 15) is 22.6 Å². The highest BCUT2D eigenvalue weighted by Gasteiger charge is 2.58. The molecule has 1 N–H and O–H groups in total. The molecule has 0 aliphatic heterocycles. The van der Waals surface area contributed by atoms with Crippen LogP contribution in [0.25, 0.3) is 0 Å². The maximum atomic E-state index is 11.9. The predicted octanol–water partition coefficient (Wildman–Crippen LogP) is 0.837. The summed E-state index contributed by atoms with van der Waals surface area (Å²) < 4.78 is 32.2. The lowest BCUT2D eigenvalue weighted by Gasteiger charge is -2.42. The monoisotopic (exact) mass is 272 g/mol. The van der Waals surface area contributed by atoms with Crippen molar-refractivity contribution in [3.05, 3.63) is 0 Å². The first-order valence-corrected chi connectivity index (χ1v) is 7.96. The van der Waals surface area contributed by atoms with Gasteiger partial charge in [-0.1, -0.05) is 6.42 Å². The number of hydrogen-bond donors (Lipinski definition) is 1. The summed E-state index contributed by atoms with van der Waals surface area (Å²) in [4.78, 5) is 23.8. The van der Waals surface area contributed by atoms with Gasteiger partial charge in [0.2, 0.25) is 11.6 Å². The van der Waals surface area contributed by atoms with Gasteiger partial charge in [-0.15, -0.1) is 0 Å². The number of ketones is 2. The minimum absolute atomic E-state index is 0.139. The summed E-state index contributed by atoms with van der Waals surface area (Å²) in [6.45, 7) is 0. The van der Waals surface area contributed by atoms with Crippen LogP contribution in [0.4, 0.5) is 0 Å². The summed E-state index contributed by atoms with van der Waals surface area (Å²) >= 11 is 0. The smallest absolute Gasteiger partial charge is 0.268 e. The topological polar surface area (TPSA) is 88.5 Å². The van der Waals surface area contributed by atoms with Gasteiger partial charge in [0.1, 0.15) is 0 Å². The molecular weight excluding hydrogens is 256 g/mol. The first kappa shape index (κ1) is 12.3. The van der Waals surface area contributed by atoms with Crippen molar-refractivity contribution in [2.75, 3.05) is 0 Å². The first-order chi connectivity index (χ1) is 8.41. The van der Waals surface area contributed by atoms with Crippen molar-refractivity contribution in [2.45, 2.75) is 37.4 Å². The van der Waals surface area contributed by atoms with Crippen LogP contribution in [-0.4, -0.2) is 29.8 Å². The van der Waals surface area contributed by atoms with Crippen LogP contribution in [0.2, 0.25) is 0 Å². The Morgan fingerprint density at radius 2 is 1.56 bits per heavy atom. The Morgan fingerprint density at radius 1 is 0.944 bits per heavy atom. The fourth-order valence-electron chi connectivity index (χ4n) is 4.37. The quantitative estimate of drug-likeness (QED) is 0.564. The summed E-state index contributed by atoms with van der Waals surface area (Å²) in [5.74, 6) is -1.53. The number of Topliss-reactive ketones (excluding diaryl/α,β-unsaturated/α-hetero) is 2. The predicted molar refractivity (Wildman–Crippen MR) is 62.4 cm³/mol. The van der Waals surface area contributed by atoms with Gasteiger partial charge in [0.05, 0.1) is 5.25 Å². The Kier molecular flexibility index (Phi) is 2.64. The molecule has 0 spiro atoms. The Labute approximate surface area is 106 Å². The molecule has 100 valence electrons. The van der Waals surface area contributed by atoms with Gasteiger partial charge in [0, 0.05) is 11.8 Å². The van der Waals surface area contributed by atoms with E-state index in [0.717, 1.165) is 6.42 Å². The number of hydrogen-bond acceptors (Lipinski definition) is 4. The Balaban J connectivity index is 2.00. The van der Waals surface area contributed by atoms with E-state index in [2.05, 4.69) is 0 Å². The molecule has 0 saturated heterocycles. The van der Waals surface area contributed by atoms with Crippen molar-refractivity contribution in [3.63, 3.8) is 0 Å². The van der Waals surface area contributed by atoms with Crippen molar-refractivity contribution >= 4 is 21.7 Å². The molecule has 5 nitrogen and oxygen atoms in total. The summed E-state index contributed by atoms with van der Waals surface area (Å²) in [6.07, 6.45) is 2.88. The fraction of sp³-hybridized carbons (Fsp3) is 0.833. The van der Waals surface area contributed by atoms with Gasteiger partial charge in [0.25, 0.3) is 10.1 Å². The van der Waals surface area contributed by atoms with Crippen molar-refractivity contribution in [1.82, 2.24) is 0 Å². The largest absolute Gasteiger partial charge is 0.291 e. The summed E-state index contributed by atoms with van der Waals surface area (Å²) in [7, 11) is -4.07. The lowest BCUT2D eigenvalue weighted by atomic mass is 9.64. The van der Waals surface area contributed by atoms with E-state index in [1.807, 2.05) is 0 Å². The molecular formula is C12H16O5S. The van der Waals surface area contributed by atoms with Crippen LogP contribution in [0.3, 0.4) is 0 Å².